The Hall–Kier alpha value is -2.31. The van der Waals surface area contributed by atoms with Crippen LogP contribution in [0.2, 0.25) is 0 Å². The van der Waals surface area contributed by atoms with E-state index in [0.717, 1.165) is 22.3 Å². The molecule has 0 saturated heterocycles. The first-order valence-corrected chi connectivity index (χ1v) is 9.36. The monoisotopic (exact) mass is 413 g/mol. The van der Waals surface area contributed by atoms with Crippen LogP contribution in [0.25, 0.3) is 11.0 Å². The molecule has 2 aromatic carbocycles. The van der Waals surface area contributed by atoms with E-state index >= 15 is 0 Å². The van der Waals surface area contributed by atoms with Gasteiger partial charge in [0.1, 0.15) is 30.1 Å². The van der Waals surface area contributed by atoms with Crippen LogP contribution in [-0.2, 0) is 6.54 Å². The average Bonchev–Trinajstić information content (AvgIpc) is 3.50. The molecule has 0 radical (unpaired) electrons. The van der Waals surface area contributed by atoms with Gasteiger partial charge in [-0.1, -0.05) is 12.1 Å². The van der Waals surface area contributed by atoms with Crippen molar-refractivity contribution in [2.24, 2.45) is 0 Å². The molecule has 1 aromatic heterocycles. The molecule has 1 fully saturated rings. The summed E-state index contributed by atoms with van der Waals surface area (Å²) in [4.78, 5) is 15.2. The summed E-state index contributed by atoms with van der Waals surface area (Å²) < 4.78 is 18.2. The highest BCUT2D eigenvalue weighted by molar-refractivity contribution is 9.10. The van der Waals surface area contributed by atoms with E-state index in [1.54, 1.807) is 12.1 Å². The largest absolute Gasteiger partial charge is 0.478 e. The van der Waals surface area contributed by atoms with Crippen LogP contribution in [0.1, 0.15) is 18.4 Å². The molecule has 1 aliphatic heterocycles. The lowest BCUT2D eigenvalue weighted by Crippen LogP contribution is -2.33. The first kappa shape index (κ1) is 15.9. The van der Waals surface area contributed by atoms with Crippen LogP contribution in [-0.4, -0.2) is 17.7 Å². The molecule has 0 bridgehead atoms. The molecule has 2 heterocycles. The van der Waals surface area contributed by atoms with Gasteiger partial charge in [-0.05, 0) is 53.0 Å². The minimum atomic E-state index is -0.187. The Bertz CT molecular complexity index is 1060. The molecule has 1 saturated carbocycles. The van der Waals surface area contributed by atoms with Gasteiger partial charge in [-0.3, -0.25) is 9.69 Å². The SMILES string of the molecule is O=c1c(Oc2ccccc2Br)coc2c3c(ccc12)OCN(C1CC1)C3. The third kappa shape index (κ3) is 2.70. The van der Waals surface area contributed by atoms with Crippen molar-refractivity contribution in [3.05, 3.63) is 62.9 Å². The van der Waals surface area contributed by atoms with Crippen LogP contribution in [0.15, 0.2) is 56.3 Å². The summed E-state index contributed by atoms with van der Waals surface area (Å²) >= 11 is 3.42. The van der Waals surface area contributed by atoms with Crippen LogP contribution >= 0.6 is 15.9 Å². The third-order valence-electron chi connectivity index (χ3n) is 4.84. The normalized spacial score (nSPS) is 17.0. The summed E-state index contributed by atoms with van der Waals surface area (Å²) in [5.74, 6) is 1.53. The topological polar surface area (TPSA) is 51.9 Å². The van der Waals surface area contributed by atoms with Crippen molar-refractivity contribution < 1.29 is 13.9 Å². The Kier molecular flexibility index (Phi) is 3.76. The van der Waals surface area contributed by atoms with E-state index in [2.05, 4.69) is 20.8 Å². The number of hydrogen-bond donors (Lipinski definition) is 0. The van der Waals surface area contributed by atoms with Gasteiger partial charge in [0.25, 0.3) is 0 Å². The van der Waals surface area contributed by atoms with Crippen molar-refractivity contribution in [2.45, 2.75) is 25.4 Å². The maximum Gasteiger partial charge on any atom is 0.235 e. The molecule has 2 aliphatic rings. The summed E-state index contributed by atoms with van der Waals surface area (Å²) in [6.45, 7) is 1.33. The Morgan fingerprint density at radius 3 is 2.77 bits per heavy atom. The standard InChI is InChI=1S/C20H16BrNO4/c21-15-3-1-2-4-17(15)26-18-10-24-20-13(19(18)23)7-8-16-14(20)9-22(11-25-16)12-5-6-12/h1-4,7-8,10,12H,5-6,9,11H2. The number of halogens is 1. The lowest BCUT2D eigenvalue weighted by Gasteiger charge is -2.29. The van der Waals surface area contributed by atoms with E-state index in [1.807, 2.05) is 24.3 Å². The van der Waals surface area contributed by atoms with Crippen molar-refractivity contribution >= 4 is 26.9 Å². The number of hydrogen-bond acceptors (Lipinski definition) is 5. The zero-order valence-electron chi connectivity index (χ0n) is 13.9. The molecule has 0 N–H and O–H groups in total. The van der Waals surface area contributed by atoms with Crippen molar-refractivity contribution in [3.8, 4) is 17.2 Å². The zero-order chi connectivity index (χ0) is 17.7. The fourth-order valence-electron chi connectivity index (χ4n) is 3.30. The quantitative estimate of drug-likeness (QED) is 0.624. The first-order valence-electron chi connectivity index (χ1n) is 8.57. The van der Waals surface area contributed by atoms with Crippen LogP contribution < -0.4 is 14.9 Å². The van der Waals surface area contributed by atoms with Gasteiger partial charge in [0.2, 0.25) is 11.2 Å². The Morgan fingerprint density at radius 2 is 1.96 bits per heavy atom. The Balaban J connectivity index is 1.57. The van der Waals surface area contributed by atoms with E-state index in [-0.39, 0.29) is 11.2 Å². The maximum absolute atomic E-state index is 12.9. The van der Waals surface area contributed by atoms with Crippen molar-refractivity contribution in [1.82, 2.24) is 4.90 Å². The third-order valence-corrected chi connectivity index (χ3v) is 5.49. The van der Waals surface area contributed by atoms with E-state index in [9.17, 15) is 4.79 Å². The van der Waals surface area contributed by atoms with E-state index in [4.69, 9.17) is 13.9 Å². The summed E-state index contributed by atoms with van der Waals surface area (Å²) in [6, 6.07) is 11.6. The van der Waals surface area contributed by atoms with Gasteiger partial charge in [-0.25, -0.2) is 0 Å². The first-order chi connectivity index (χ1) is 12.7. The van der Waals surface area contributed by atoms with Crippen LogP contribution in [0, 0.1) is 0 Å². The van der Waals surface area contributed by atoms with Crippen LogP contribution in [0.3, 0.4) is 0 Å². The predicted octanol–water partition coefficient (Wildman–Crippen LogP) is 4.66. The van der Waals surface area contributed by atoms with Gasteiger partial charge >= 0.3 is 0 Å². The maximum atomic E-state index is 12.9. The molecular weight excluding hydrogens is 398 g/mol. The highest BCUT2D eigenvalue weighted by Gasteiger charge is 2.33. The molecule has 0 unspecified atom stereocenters. The smallest absolute Gasteiger partial charge is 0.235 e. The molecule has 132 valence electrons. The Morgan fingerprint density at radius 1 is 1.12 bits per heavy atom. The van der Waals surface area contributed by atoms with Gasteiger partial charge in [-0.2, -0.15) is 0 Å². The summed E-state index contributed by atoms with van der Waals surface area (Å²) in [6.07, 6.45) is 3.80. The van der Waals surface area contributed by atoms with Gasteiger partial charge in [0.05, 0.1) is 15.4 Å². The average molecular weight is 414 g/mol. The molecule has 3 aromatic rings. The predicted molar refractivity (Wildman–Crippen MR) is 101 cm³/mol. The van der Waals surface area contributed by atoms with E-state index < -0.39 is 0 Å². The fraction of sp³-hybridized carbons (Fsp3) is 0.250. The summed E-state index contributed by atoms with van der Waals surface area (Å²) in [5, 5.41) is 0.509. The molecule has 1 aliphatic carbocycles. The Labute approximate surface area is 158 Å². The van der Waals surface area contributed by atoms with Crippen molar-refractivity contribution in [3.63, 3.8) is 0 Å². The van der Waals surface area contributed by atoms with Gasteiger partial charge < -0.3 is 13.9 Å². The van der Waals surface area contributed by atoms with Gasteiger partial charge in [-0.15, -0.1) is 0 Å². The second-order valence-electron chi connectivity index (χ2n) is 6.63. The van der Waals surface area contributed by atoms with Gasteiger partial charge in [0.15, 0.2) is 0 Å². The lowest BCUT2D eigenvalue weighted by molar-refractivity contribution is 0.0885. The second-order valence-corrected chi connectivity index (χ2v) is 7.49. The molecule has 6 heteroatoms. The van der Waals surface area contributed by atoms with Crippen LogP contribution in [0.5, 0.6) is 17.2 Å². The highest BCUT2D eigenvalue weighted by Crippen LogP contribution is 2.37. The minimum Gasteiger partial charge on any atom is -0.478 e. The molecule has 26 heavy (non-hydrogen) atoms. The molecule has 5 rings (SSSR count). The number of fused-ring (bicyclic) bond motifs is 3. The molecule has 5 nitrogen and oxygen atoms in total. The minimum absolute atomic E-state index is 0.167. The van der Waals surface area contributed by atoms with E-state index in [1.165, 1.54) is 19.1 Å². The fourth-order valence-corrected chi connectivity index (χ4v) is 3.66. The number of ether oxygens (including phenoxy) is 2. The van der Waals surface area contributed by atoms with Crippen molar-refractivity contribution in [2.75, 3.05) is 6.73 Å². The molecular formula is C20H16BrNO4. The number of para-hydroxylation sites is 1. The number of benzene rings is 2. The number of rotatable bonds is 3. The zero-order valence-corrected chi connectivity index (χ0v) is 15.5. The van der Waals surface area contributed by atoms with Crippen molar-refractivity contribution in [1.29, 1.82) is 0 Å². The molecule has 0 spiro atoms. The van der Waals surface area contributed by atoms with E-state index in [0.29, 0.717) is 29.5 Å². The second kappa shape index (κ2) is 6.14. The molecule has 0 atom stereocenters. The van der Waals surface area contributed by atoms with Crippen LogP contribution in [0.4, 0.5) is 0 Å². The summed E-state index contributed by atoms with van der Waals surface area (Å²) in [7, 11) is 0. The van der Waals surface area contributed by atoms with Gasteiger partial charge in [0, 0.05) is 12.6 Å². The summed E-state index contributed by atoms with van der Waals surface area (Å²) in [5.41, 5.74) is 1.33. The lowest BCUT2D eigenvalue weighted by atomic mass is 10.1. The highest BCUT2D eigenvalue weighted by atomic mass is 79.9. The number of nitrogens with zero attached hydrogens (tertiary/aromatic N) is 1. The molecule has 0 amide bonds.